The summed E-state index contributed by atoms with van der Waals surface area (Å²) in [6, 6.07) is 15.2. The molecule has 0 atom stereocenters. The highest BCUT2D eigenvalue weighted by Gasteiger charge is 2.19. The third-order valence-corrected chi connectivity index (χ3v) is 5.09. The van der Waals surface area contributed by atoms with Gasteiger partial charge in [-0.1, -0.05) is 41.9 Å². The number of ether oxygens (including phenoxy) is 1. The topological polar surface area (TPSA) is 67.2 Å². The first kappa shape index (κ1) is 17.1. The molecule has 6 heteroatoms. The zero-order valence-electron chi connectivity index (χ0n) is 12.4. The molecular formula is C17H14ClNO3S. The highest BCUT2D eigenvalue weighted by molar-refractivity contribution is 7.95. The second kappa shape index (κ2) is 7.32. The zero-order chi connectivity index (χ0) is 16.9. The molecule has 0 unspecified atom stereocenters. The average molecular weight is 348 g/mol. The van der Waals surface area contributed by atoms with E-state index in [-0.39, 0.29) is 10.7 Å². The van der Waals surface area contributed by atoms with Crippen LogP contribution in [0.2, 0.25) is 5.02 Å². The van der Waals surface area contributed by atoms with E-state index in [2.05, 4.69) is 0 Å². The molecule has 0 fully saturated rings. The average Bonchev–Trinajstić information content (AvgIpc) is 2.54. The Hall–Kier alpha value is -2.29. The van der Waals surface area contributed by atoms with E-state index in [1.165, 1.54) is 13.2 Å². The quantitative estimate of drug-likeness (QED) is 0.771. The highest BCUT2D eigenvalue weighted by atomic mass is 35.5. The summed E-state index contributed by atoms with van der Waals surface area (Å²) in [5.74, 6) is 0.374. The largest absolute Gasteiger partial charge is 0.497 e. The zero-order valence-corrected chi connectivity index (χ0v) is 13.9. The van der Waals surface area contributed by atoms with Gasteiger partial charge in [0.25, 0.3) is 0 Å². The highest BCUT2D eigenvalue weighted by Crippen LogP contribution is 2.22. The lowest BCUT2D eigenvalue weighted by molar-refractivity contribution is 0.414. The summed E-state index contributed by atoms with van der Waals surface area (Å²) in [7, 11) is -2.23. The van der Waals surface area contributed by atoms with Crippen LogP contribution in [0.4, 0.5) is 0 Å². The van der Waals surface area contributed by atoms with Gasteiger partial charge in [0.1, 0.15) is 16.7 Å². The summed E-state index contributed by atoms with van der Waals surface area (Å²) >= 11 is 6.01. The van der Waals surface area contributed by atoms with Crippen LogP contribution in [0, 0.1) is 11.3 Å². The van der Waals surface area contributed by atoms with E-state index in [1.54, 1.807) is 54.6 Å². The van der Waals surface area contributed by atoms with Crippen LogP contribution in [0.1, 0.15) is 11.1 Å². The van der Waals surface area contributed by atoms with Gasteiger partial charge in [0.05, 0.1) is 12.9 Å². The minimum atomic E-state index is -3.76. The van der Waals surface area contributed by atoms with Gasteiger partial charge in [-0.2, -0.15) is 5.26 Å². The molecule has 0 aliphatic carbocycles. The molecule has 2 rings (SSSR count). The Labute approximate surface area is 140 Å². The van der Waals surface area contributed by atoms with Gasteiger partial charge >= 0.3 is 0 Å². The molecule has 0 spiro atoms. The van der Waals surface area contributed by atoms with Crippen molar-refractivity contribution in [2.24, 2.45) is 0 Å². The SMILES string of the molecule is COc1ccc(CS(=O)(=O)/C(C#N)=C/c2ccccc2Cl)cc1. The number of halogens is 1. The van der Waals surface area contributed by atoms with Crippen molar-refractivity contribution in [3.63, 3.8) is 0 Å². The predicted molar refractivity (Wildman–Crippen MR) is 90.7 cm³/mol. The minimum Gasteiger partial charge on any atom is -0.497 e. The van der Waals surface area contributed by atoms with Crippen LogP contribution in [-0.2, 0) is 15.6 Å². The molecule has 0 heterocycles. The van der Waals surface area contributed by atoms with Crippen molar-refractivity contribution >= 4 is 27.5 Å². The van der Waals surface area contributed by atoms with Gasteiger partial charge < -0.3 is 4.74 Å². The Morgan fingerprint density at radius 3 is 2.43 bits per heavy atom. The number of rotatable bonds is 5. The summed E-state index contributed by atoms with van der Waals surface area (Å²) in [4.78, 5) is -0.318. The van der Waals surface area contributed by atoms with E-state index in [0.29, 0.717) is 21.9 Å². The van der Waals surface area contributed by atoms with E-state index >= 15 is 0 Å². The second-order valence-corrected chi connectivity index (χ2v) is 7.11. The third-order valence-electron chi connectivity index (χ3n) is 3.15. The van der Waals surface area contributed by atoms with Crippen LogP contribution >= 0.6 is 11.6 Å². The number of hydrogen-bond donors (Lipinski definition) is 0. The monoisotopic (exact) mass is 347 g/mol. The van der Waals surface area contributed by atoms with E-state index in [1.807, 2.05) is 0 Å². The predicted octanol–water partition coefficient (Wildman–Crippen LogP) is 3.83. The number of methoxy groups -OCH3 is 1. The maximum absolute atomic E-state index is 12.4. The van der Waals surface area contributed by atoms with Gasteiger partial charge in [-0.05, 0) is 35.4 Å². The fraction of sp³-hybridized carbons (Fsp3) is 0.118. The molecule has 2 aromatic carbocycles. The standard InChI is InChI=1S/C17H14ClNO3S/c1-22-15-8-6-13(7-9-15)12-23(20,21)16(11-19)10-14-4-2-3-5-17(14)18/h2-10H,12H2,1H3/b16-10+. The Balaban J connectivity index is 2.32. The van der Waals surface area contributed by atoms with Crippen molar-refractivity contribution in [1.82, 2.24) is 0 Å². The molecule has 0 saturated heterocycles. The van der Waals surface area contributed by atoms with Gasteiger partial charge in [0, 0.05) is 5.02 Å². The van der Waals surface area contributed by atoms with Gasteiger partial charge in [-0.3, -0.25) is 0 Å². The van der Waals surface area contributed by atoms with Crippen molar-refractivity contribution in [3.8, 4) is 11.8 Å². The van der Waals surface area contributed by atoms with Crippen LogP contribution < -0.4 is 4.74 Å². The molecule has 0 aromatic heterocycles. The fourth-order valence-electron chi connectivity index (χ4n) is 1.94. The molecule has 0 saturated carbocycles. The maximum Gasteiger partial charge on any atom is 0.192 e. The Kier molecular flexibility index (Phi) is 5.43. The Morgan fingerprint density at radius 1 is 1.22 bits per heavy atom. The number of nitrogens with zero attached hydrogens (tertiary/aromatic N) is 1. The molecule has 118 valence electrons. The van der Waals surface area contributed by atoms with Crippen molar-refractivity contribution < 1.29 is 13.2 Å². The summed E-state index contributed by atoms with van der Waals surface area (Å²) < 4.78 is 29.9. The van der Waals surface area contributed by atoms with Crippen molar-refractivity contribution in [1.29, 1.82) is 5.26 Å². The molecule has 0 amide bonds. The number of benzene rings is 2. The van der Waals surface area contributed by atoms with Crippen LogP contribution in [0.5, 0.6) is 5.75 Å². The molecule has 2 aromatic rings. The van der Waals surface area contributed by atoms with Crippen molar-refractivity contribution in [3.05, 3.63) is 69.6 Å². The molecular weight excluding hydrogens is 334 g/mol. The molecule has 0 N–H and O–H groups in total. The van der Waals surface area contributed by atoms with Crippen molar-refractivity contribution in [2.45, 2.75) is 5.75 Å². The molecule has 0 aliphatic rings. The molecule has 4 nitrogen and oxygen atoms in total. The van der Waals surface area contributed by atoms with Gasteiger partial charge in [-0.25, -0.2) is 8.42 Å². The first-order valence-electron chi connectivity index (χ1n) is 6.68. The normalized spacial score (nSPS) is 11.8. The molecule has 0 aliphatic heterocycles. The van der Waals surface area contributed by atoms with Crippen LogP contribution in [0.15, 0.2) is 53.4 Å². The van der Waals surface area contributed by atoms with Crippen LogP contribution in [0.3, 0.4) is 0 Å². The lowest BCUT2D eigenvalue weighted by atomic mass is 10.2. The molecule has 23 heavy (non-hydrogen) atoms. The Bertz CT molecular complexity index is 865. The lowest BCUT2D eigenvalue weighted by Crippen LogP contribution is -2.06. The van der Waals surface area contributed by atoms with E-state index in [9.17, 15) is 13.7 Å². The minimum absolute atomic E-state index is 0.263. The number of allylic oxidation sites excluding steroid dienone is 1. The molecule has 0 radical (unpaired) electrons. The summed E-state index contributed by atoms with van der Waals surface area (Å²) in [6.45, 7) is 0. The summed E-state index contributed by atoms with van der Waals surface area (Å²) in [5.41, 5.74) is 1.06. The van der Waals surface area contributed by atoms with Gasteiger partial charge in [0.15, 0.2) is 9.84 Å². The third kappa shape index (κ3) is 4.35. The number of nitriles is 1. The lowest BCUT2D eigenvalue weighted by Gasteiger charge is -2.05. The molecule has 0 bridgehead atoms. The smallest absolute Gasteiger partial charge is 0.192 e. The number of sulfone groups is 1. The Morgan fingerprint density at radius 2 is 1.87 bits per heavy atom. The fourth-order valence-corrected chi connectivity index (χ4v) is 3.37. The van der Waals surface area contributed by atoms with E-state index in [4.69, 9.17) is 16.3 Å². The van der Waals surface area contributed by atoms with Crippen LogP contribution in [-0.4, -0.2) is 15.5 Å². The van der Waals surface area contributed by atoms with Crippen LogP contribution in [0.25, 0.3) is 6.08 Å². The van der Waals surface area contributed by atoms with E-state index < -0.39 is 9.84 Å². The second-order valence-electron chi connectivity index (χ2n) is 4.75. The van der Waals surface area contributed by atoms with Gasteiger partial charge in [-0.15, -0.1) is 0 Å². The number of hydrogen-bond acceptors (Lipinski definition) is 4. The first-order valence-corrected chi connectivity index (χ1v) is 8.71. The summed E-state index contributed by atoms with van der Waals surface area (Å²) in [6.07, 6.45) is 1.29. The summed E-state index contributed by atoms with van der Waals surface area (Å²) in [5, 5.41) is 9.60. The van der Waals surface area contributed by atoms with Gasteiger partial charge in [0.2, 0.25) is 0 Å². The maximum atomic E-state index is 12.4. The van der Waals surface area contributed by atoms with Crippen molar-refractivity contribution in [2.75, 3.05) is 7.11 Å². The first-order chi connectivity index (χ1) is 11.0. The van der Waals surface area contributed by atoms with E-state index in [0.717, 1.165) is 0 Å².